The predicted octanol–water partition coefficient (Wildman–Crippen LogP) is 1.48. The molecule has 1 radical (unpaired) electrons. The molecule has 3 N–H and O–H groups in total. The van der Waals surface area contributed by atoms with Crippen molar-refractivity contribution in [1.82, 2.24) is 4.98 Å². The SMILES string of the molecule is Nc1[nH]c2cc([N+](=O)[O-])c(F)cc2c1[B]I. The number of nitro groups is 1. The van der Waals surface area contributed by atoms with Gasteiger partial charge in [-0.3, -0.25) is 10.1 Å². The summed E-state index contributed by atoms with van der Waals surface area (Å²) in [6.07, 6.45) is 0. The number of hydrogen-bond acceptors (Lipinski definition) is 3. The summed E-state index contributed by atoms with van der Waals surface area (Å²) < 4.78 is 13.4. The van der Waals surface area contributed by atoms with Crippen molar-refractivity contribution in [1.29, 1.82) is 0 Å². The van der Waals surface area contributed by atoms with Gasteiger partial charge in [-0.25, -0.2) is 0 Å². The number of rotatable bonds is 2. The first-order valence-electron chi connectivity index (χ1n) is 4.23. The number of nitro benzene ring substituents is 1. The smallest absolute Gasteiger partial charge is 0.306 e. The number of hydrogen-bond donors (Lipinski definition) is 2. The highest BCUT2D eigenvalue weighted by atomic mass is 127. The highest BCUT2D eigenvalue weighted by Gasteiger charge is 2.18. The molecule has 0 saturated heterocycles. The fourth-order valence-electron chi connectivity index (χ4n) is 1.50. The number of nitrogen functional groups attached to an aromatic ring is 1. The van der Waals surface area contributed by atoms with Crippen molar-refractivity contribution in [2.75, 3.05) is 5.73 Å². The maximum Gasteiger partial charge on any atom is 0.306 e. The molecule has 0 spiro atoms. The van der Waals surface area contributed by atoms with Crippen molar-refractivity contribution in [2.24, 2.45) is 0 Å². The molecule has 0 bridgehead atoms. The zero-order valence-electron chi connectivity index (χ0n) is 7.83. The van der Waals surface area contributed by atoms with Crippen LogP contribution < -0.4 is 11.2 Å². The zero-order chi connectivity index (χ0) is 11.9. The van der Waals surface area contributed by atoms with Gasteiger partial charge < -0.3 is 10.7 Å². The molecule has 0 atom stereocenters. The molecule has 16 heavy (non-hydrogen) atoms. The Labute approximate surface area is 103 Å². The van der Waals surface area contributed by atoms with Crippen molar-refractivity contribution in [3.05, 3.63) is 28.1 Å². The van der Waals surface area contributed by atoms with Crippen LogP contribution in [-0.2, 0) is 0 Å². The molecule has 5 nitrogen and oxygen atoms in total. The number of aromatic nitrogens is 1. The van der Waals surface area contributed by atoms with Crippen molar-refractivity contribution in [3.8, 4) is 0 Å². The molecular weight excluding hydrogens is 327 g/mol. The van der Waals surface area contributed by atoms with Crippen LogP contribution in [0, 0.1) is 15.9 Å². The van der Waals surface area contributed by atoms with E-state index in [1.54, 1.807) is 5.14 Å². The monoisotopic (exact) mass is 332 g/mol. The van der Waals surface area contributed by atoms with Crippen LogP contribution in [0.15, 0.2) is 12.1 Å². The molecule has 0 unspecified atom stereocenters. The lowest BCUT2D eigenvalue weighted by Crippen LogP contribution is -2.11. The van der Waals surface area contributed by atoms with Gasteiger partial charge in [0.05, 0.1) is 16.3 Å². The Hall–Kier alpha value is -1.32. The molecule has 81 valence electrons. The van der Waals surface area contributed by atoms with Crippen LogP contribution in [0.5, 0.6) is 0 Å². The van der Waals surface area contributed by atoms with Crippen LogP contribution in [0.4, 0.5) is 15.9 Å². The highest BCUT2D eigenvalue weighted by molar-refractivity contribution is 14.1. The van der Waals surface area contributed by atoms with Crippen LogP contribution in [0.1, 0.15) is 0 Å². The fraction of sp³-hybridized carbons (Fsp3) is 0. The Balaban J connectivity index is 2.78. The van der Waals surface area contributed by atoms with E-state index in [2.05, 4.69) is 4.98 Å². The van der Waals surface area contributed by atoms with Crippen molar-refractivity contribution >= 4 is 55.4 Å². The van der Waals surface area contributed by atoms with E-state index in [1.807, 2.05) is 22.4 Å². The van der Waals surface area contributed by atoms with Gasteiger partial charge in [-0.1, -0.05) is 0 Å². The summed E-state index contributed by atoms with van der Waals surface area (Å²) in [5, 5.41) is 12.8. The van der Waals surface area contributed by atoms with Crippen molar-refractivity contribution < 1.29 is 9.31 Å². The van der Waals surface area contributed by atoms with E-state index in [-0.39, 0.29) is 0 Å². The molecule has 1 aromatic heterocycles. The number of benzene rings is 1. The standard InChI is InChI=1S/C8H5BFIN3O2/c10-4-1-3-5(2-6(4)14(15)16)13-8(12)7(3)9-11/h1-2,13H,12H2. The van der Waals surface area contributed by atoms with E-state index in [0.29, 0.717) is 22.2 Å². The first-order valence-corrected chi connectivity index (χ1v) is 5.47. The number of nitrogens with zero attached hydrogens (tertiary/aromatic N) is 1. The first kappa shape index (κ1) is 11.2. The predicted molar refractivity (Wildman–Crippen MR) is 68.7 cm³/mol. The van der Waals surface area contributed by atoms with Gasteiger partial charge in [-0.2, -0.15) is 26.8 Å². The average Bonchev–Trinajstić information content (AvgIpc) is 2.51. The van der Waals surface area contributed by atoms with Gasteiger partial charge in [0.15, 0.2) is 0 Å². The van der Waals surface area contributed by atoms with Crippen LogP contribution in [0.25, 0.3) is 10.9 Å². The molecular formula is C8H5BFIN3O2. The third-order valence-electron chi connectivity index (χ3n) is 2.24. The van der Waals surface area contributed by atoms with Gasteiger partial charge in [0.25, 0.3) is 0 Å². The van der Waals surface area contributed by atoms with Crippen molar-refractivity contribution in [2.45, 2.75) is 0 Å². The number of anilines is 1. The minimum absolute atomic E-state index is 0.365. The number of aromatic amines is 1. The number of nitrogens with two attached hydrogens (primary N) is 1. The Bertz CT molecular complexity index is 586. The van der Waals surface area contributed by atoms with Crippen LogP contribution >= 0.6 is 22.4 Å². The molecule has 0 fully saturated rings. The molecule has 1 heterocycles. The third-order valence-corrected chi connectivity index (χ3v) is 2.87. The zero-order valence-corrected chi connectivity index (χ0v) is 9.99. The maximum absolute atomic E-state index is 13.4. The summed E-state index contributed by atoms with van der Waals surface area (Å²) in [6.45, 7) is 0. The molecule has 8 heteroatoms. The van der Waals surface area contributed by atoms with Gasteiger partial charge in [0.2, 0.25) is 11.0 Å². The minimum atomic E-state index is -0.865. The van der Waals surface area contributed by atoms with Crippen LogP contribution in [0.2, 0.25) is 0 Å². The summed E-state index contributed by atoms with van der Waals surface area (Å²) in [7, 11) is 0. The summed E-state index contributed by atoms with van der Waals surface area (Å²) >= 11 is 1.98. The van der Waals surface area contributed by atoms with Gasteiger partial charge in [-0.15, -0.1) is 0 Å². The topological polar surface area (TPSA) is 85.0 Å². The highest BCUT2D eigenvalue weighted by Crippen LogP contribution is 2.24. The molecule has 2 rings (SSSR count). The second-order valence-corrected chi connectivity index (χ2v) is 3.79. The minimum Gasteiger partial charge on any atom is -0.386 e. The summed E-state index contributed by atoms with van der Waals surface area (Å²) in [6, 6.07) is 2.26. The summed E-state index contributed by atoms with van der Waals surface area (Å²) in [5.74, 6) is -0.500. The molecule has 0 saturated carbocycles. The molecule has 1 aromatic carbocycles. The second-order valence-electron chi connectivity index (χ2n) is 3.17. The first-order chi connectivity index (χ1) is 7.54. The number of fused-ring (bicyclic) bond motifs is 1. The summed E-state index contributed by atoms with van der Waals surface area (Å²) in [5.41, 5.74) is 6.19. The van der Waals surface area contributed by atoms with E-state index in [4.69, 9.17) is 5.73 Å². The molecule has 0 aliphatic rings. The second kappa shape index (κ2) is 3.93. The van der Waals surface area contributed by atoms with Crippen molar-refractivity contribution in [3.63, 3.8) is 0 Å². The number of halogens is 2. The fourth-order valence-corrected chi connectivity index (χ4v) is 2.17. The lowest BCUT2D eigenvalue weighted by molar-refractivity contribution is -0.387. The molecule has 0 aliphatic carbocycles. The Morgan fingerprint density at radius 2 is 2.25 bits per heavy atom. The molecule has 2 aromatic rings. The number of nitrogens with one attached hydrogen (secondary N) is 1. The van der Waals surface area contributed by atoms with E-state index in [0.717, 1.165) is 12.1 Å². The Morgan fingerprint density at radius 3 is 2.81 bits per heavy atom. The number of H-pyrrole nitrogens is 1. The quantitative estimate of drug-likeness (QED) is 0.378. The Morgan fingerprint density at radius 1 is 1.56 bits per heavy atom. The lowest BCUT2D eigenvalue weighted by Gasteiger charge is -1.96. The van der Waals surface area contributed by atoms with Gasteiger partial charge in [-0.05, 0) is 16.9 Å². The molecule has 0 amide bonds. The van der Waals surface area contributed by atoms with E-state index in [1.165, 1.54) is 0 Å². The van der Waals surface area contributed by atoms with Gasteiger partial charge in [0.1, 0.15) is 0 Å². The van der Waals surface area contributed by atoms with Gasteiger partial charge >= 0.3 is 5.69 Å². The van der Waals surface area contributed by atoms with E-state index < -0.39 is 16.4 Å². The summed E-state index contributed by atoms with van der Waals surface area (Å²) in [4.78, 5) is 12.5. The average molecular weight is 332 g/mol. The Kier molecular flexibility index (Phi) is 2.74. The normalized spacial score (nSPS) is 10.6. The van der Waals surface area contributed by atoms with Crippen LogP contribution in [-0.4, -0.2) is 15.0 Å². The van der Waals surface area contributed by atoms with E-state index >= 15 is 0 Å². The van der Waals surface area contributed by atoms with E-state index in [9.17, 15) is 14.5 Å². The third kappa shape index (κ3) is 1.62. The largest absolute Gasteiger partial charge is 0.386 e. The lowest BCUT2D eigenvalue weighted by atomic mass is 9.94. The van der Waals surface area contributed by atoms with Crippen LogP contribution in [0.3, 0.4) is 0 Å². The van der Waals surface area contributed by atoms with Gasteiger partial charge in [0, 0.05) is 6.07 Å². The maximum atomic E-state index is 13.4. The molecule has 0 aliphatic heterocycles.